The summed E-state index contributed by atoms with van der Waals surface area (Å²) in [5.41, 5.74) is 0.321. The molecule has 108 valence electrons. The summed E-state index contributed by atoms with van der Waals surface area (Å²) in [5, 5.41) is 8.79. The normalized spacial score (nSPS) is 12.8. The number of halogens is 4. The third kappa shape index (κ3) is 3.22. The standard InChI is InChI=1S/C16H11F4N/c1-10(9-21)12-4-7-14(15(17)8-12)11-2-5-13(6-3-11)16(18,19)20/h2-8,10H,1H3/t10-/m0/s1. The number of hydrogen-bond acceptors (Lipinski definition) is 1. The highest BCUT2D eigenvalue weighted by molar-refractivity contribution is 5.65. The van der Waals surface area contributed by atoms with Crippen LogP contribution in [0, 0.1) is 17.1 Å². The highest BCUT2D eigenvalue weighted by Gasteiger charge is 2.30. The van der Waals surface area contributed by atoms with Crippen LogP contribution in [0.25, 0.3) is 11.1 Å². The Labute approximate surface area is 119 Å². The minimum Gasteiger partial charge on any atom is -0.206 e. The molecule has 0 amide bonds. The van der Waals surface area contributed by atoms with E-state index in [0.29, 0.717) is 11.1 Å². The molecule has 0 aliphatic rings. The Bertz CT molecular complexity index is 681. The van der Waals surface area contributed by atoms with Gasteiger partial charge in [0.1, 0.15) is 5.82 Å². The van der Waals surface area contributed by atoms with Crippen molar-refractivity contribution < 1.29 is 17.6 Å². The number of nitriles is 1. The zero-order valence-electron chi connectivity index (χ0n) is 11.1. The van der Waals surface area contributed by atoms with Crippen molar-refractivity contribution in [3.05, 3.63) is 59.4 Å². The summed E-state index contributed by atoms with van der Waals surface area (Å²) in [5.74, 6) is -1.00. The summed E-state index contributed by atoms with van der Waals surface area (Å²) in [6.45, 7) is 1.65. The second-order valence-electron chi connectivity index (χ2n) is 4.67. The molecule has 0 saturated heterocycles. The fraction of sp³-hybridized carbons (Fsp3) is 0.188. The van der Waals surface area contributed by atoms with Crippen LogP contribution in [0.2, 0.25) is 0 Å². The van der Waals surface area contributed by atoms with Crippen LogP contribution in [0.1, 0.15) is 24.0 Å². The van der Waals surface area contributed by atoms with E-state index in [0.717, 1.165) is 12.1 Å². The van der Waals surface area contributed by atoms with E-state index in [9.17, 15) is 17.6 Å². The molecule has 0 radical (unpaired) electrons. The fourth-order valence-electron chi connectivity index (χ4n) is 1.95. The van der Waals surface area contributed by atoms with Crippen molar-refractivity contribution >= 4 is 0 Å². The lowest BCUT2D eigenvalue weighted by Crippen LogP contribution is -2.04. The van der Waals surface area contributed by atoms with Crippen molar-refractivity contribution in [1.29, 1.82) is 5.26 Å². The molecule has 5 heteroatoms. The topological polar surface area (TPSA) is 23.8 Å². The Kier molecular flexibility index (Phi) is 3.99. The second kappa shape index (κ2) is 5.57. The summed E-state index contributed by atoms with van der Waals surface area (Å²) in [7, 11) is 0. The Morgan fingerprint density at radius 1 is 1.05 bits per heavy atom. The molecule has 0 N–H and O–H groups in total. The van der Waals surface area contributed by atoms with Gasteiger partial charge in [-0.1, -0.05) is 24.3 Å². The van der Waals surface area contributed by atoms with Gasteiger partial charge in [-0.3, -0.25) is 0 Å². The van der Waals surface area contributed by atoms with E-state index in [-0.39, 0.29) is 5.56 Å². The third-order valence-electron chi connectivity index (χ3n) is 3.21. The van der Waals surface area contributed by atoms with Crippen LogP contribution >= 0.6 is 0 Å². The third-order valence-corrected chi connectivity index (χ3v) is 3.21. The van der Waals surface area contributed by atoms with Gasteiger partial charge in [0.15, 0.2) is 0 Å². The molecule has 21 heavy (non-hydrogen) atoms. The number of rotatable bonds is 2. The van der Waals surface area contributed by atoms with Gasteiger partial charge in [0.25, 0.3) is 0 Å². The lowest BCUT2D eigenvalue weighted by molar-refractivity contribution is -0.137. The minimum absolute atomic E-state index is 0.206. The van der Waals surface area contributed by atoms with Crippen molar-refractivity contribution in [2.75, 3.05) is 0 Å². The molecular weight excluding hydrogens is 282 g/mol. The van der Waals surface area contributed by atoms with Crippen molar-refractivity contribution in [2.24, 2.45) is 0 Å². The first-order valence-electron chi connectivity index (χ1n) is 6.19. The predicted octanol–water partition coefficient (Wildman–Crippen LogP) is 5.14. The van der Waals surface area contributed by atoms with Gasteiger partial charge in [0, 0.05) is 5.56 Å². The van der Waals surface area contributed by atoms with Gasteiger partial charge in [-0.15, -0.1) is 0 Å². The number of hydrogen-bond donors (Lipinski definition) is 0. The van der Waals surface area contributed by atoms with E-state index in [1.54, 1.807) is 13.0 Å². The molecule has 1 nitrogen and oxygen atoms in total. The first kappa shape index (κ1) is 15.0. The van der Waals surface area contributed by atoms with E-state index >= 15 is 0 Å². The van der Waals surface area contributed by atoms with Gasteiger partial charge < -0.3 is 0 Å². The maximum absolute atomic E-state index is 14.0. The smallest absolute Gasteiger partial charge is 0.206 e. The van der Waals surface area contributed by atoms with Gasteiger partial charge in [-0.2, -0.15) is 18.4 Å². The highest BCUT2D eigenvalue weighted by Crippen LogP contribution is 2.32. The molecule has 2 rings (SSSR count). The SMILES string of the molecule is C[C@@H](C#N)c1ccc(-c2ccc(C(F)(F)F)cc2)c(F)c1. The molecule has 0 fully saturated rings. The van der Waals surface area contributed by atoms with Gasteiger partial charge in [0.2, 0.25) is 0 Å². The first-order chi connectivity index (χ1) is 9.82. The van der Waals surface area contributed by atoms with Gasteiger partial charge in [0.05, 0.1) is 17.6 Å². The number of benzene rings is 2. The molecule has 1 atom stereocenters. The van der Waals surface area contributed by atoms with Crippen LogP contribution < -0.4 is 0 Å². The Morgan fingerprint density at radius 3 is 2.14 bits per heavy atom. The zero-order chi connectivity index (χ0) is 15.6. The van der Waals surface area contributed by atoms with Crippen LogP contribution in [0.4, 0.5) is 17.6 Å². The second-order valence-corrected chi connectivity index (χ2v) is 4.67. The summed E-state index contributed by atoms with van der Waals surface area (Å²) in [4.78, 5) is 0. The lowest BCUT2D eigenvalue weighted by Gasteiger charge is -2.10. The zero-order valence-corrected chi connectivity index (χ0v) is 11.1. The van der Waals surface area contributed by atoms with Gasteiger partial charge in [-0.05, 0) is 36.2 Å². The van der Waals surface area contributed by atoms with E-state index in [4.69, 9.17) is 5.26 Å². The first-order valence-corrected chi connectivity index (χ1v) is 6.19. The van der Waals surface area contributed by atoms with Crippen molar-refractivity contribution in [2.45, 2.75) is 19.0 Å². The maximum Gasteiger partial charge on any atom is 0.416 e. The van der Waals surface area contributed by atoms with Crippen LogP contribution in [0.15, 0.2) is 42.5 Å². The molecule has 0 saturated carbocycles. The molecule has 0 bridgehead atoms. The summed E-state index contributed by atoms with van der Waals surface area (Å²) < 4.78 is 51.5. The molecular formula is C16H11F4N. The largest absolute Gasteiger partial charge is 0.416 e. The molecule has 2 aromatic carbocycles. The van der Waals surface area contributed by atoms with Crippen LogP contribution in [-0.2, 0) is 6.18 Å². The maximum atomic E-state index is 14.0. The van der Waals surface area contributed by atoms with Crippen LogP contribution in [0.5, 0.6) is 0 Å². The number of alkyl halides is 3. The molecule has 0 aliphatic carbocycles. The summed E-state index contributed by atoms with van der Waals surface area (Å²) in [6.07, 6.45) is -4.41. The van der Waals surface area contributed by atoms with Crippen molar-refractivity contribution in [3.8, 4) is 17.2 Å². The van der Waals surface area contributed by atoms with Gasteiger partial charge in [-0.25, -0.2) is 4.39 Å². The average Bonchev–Trinajstić information content (AvgIpc) is 2.45. The molecule has 0 unspecified atom stereocenters. The average molecular weight is 293 g/mol. The Hall–Kier alpha value is -2.35. The molecule has 0 aliphatic heterocycles. The monoisotopic (exact) mass is 293 g/mol. The summed E-state index contributed by atoms with van der Waals surface area (Å²) in [6, 6.07) is 10.6. The Morgan fingerprint density at radius 2 is 1.67 bits per heavy atom. The van der Waals surface area contributed by atoms with Crippen LogP contribution in [0.3, 0.4) is 0 Å². The predicted molar refractivity (Wildman–Crippen MR) is 70.9 cm³/mol. The van der Waals surface area contributed by atoms with Crippen molar-refractivity contribution in [1.82, 2.24) is 0 Å². The van der Waals surface area contributed by atoms with E-state index < -0.39 is 23.5 Å². The quantitative estimate of drug-likeness (QED) is 0.703. The minimum atomic E-state index is -4.41. The molecule has 0 heterocycles. The highest BCUT2D eigenvalue weighted by atomic mass is 19.4. The van der Waals surface area contributed by atoms with E-state index in [1.807, 2.05) is 6.07 Å². The van der Waals surface area contributed by atoms with Gasteiger partial charge >= 0.3 is 6.18 Å². The Balaban J connectivity index is 2.37. The molecule has 0 aromatic heterocycles. The van der Waals surface area contributed by atoms with E-state index in [2.05, 4.69) is 0 Å². The van der Waals surface area contributed by atoms with Crippen LogP contribution in [-0.4, -0.2) is 0 Å². The summed E-state index contributed by atoms with van der Waals surface area (Å²) >= 11 is 0. The van der Waals surface area contributed by atoms with E-state index in [1.165, 1.54) is 24.3 Å². The fourth-order valence-corrected chi connectivity index (χ4v) is 1.95. The lowest BCUT2D eigenvalue weighted by atomic mass is 9.97. The molecule has 0 spiro atoms. The molecule has 2 aromatic rings. The number of nitrogens with zero attached hydrogens (tertiary/aromatic N) is 1. The van der Waals surface area contributed by atoms with Crippen molar-refractivity contribution in [3.63, 3.8) is 0 Å².